The fraction of sp³-hybridized carbons (Fsp3) is 0.385. The monoisotopic (exact) mass is 385 g/mol. The number of carbonyl (C=O) groups excluding carboxylic acids is 3. The molecule has 25 heavy (non-hydrogen) atoms. The molecule has 0 radical (unpaired) electrons. The summed E-state index contributed by atoms with van der Waals surface area (Å²) in [6, 6.07) is 1.50. The van der Waals surface area contributed by atoms with E-state index >= 15 is 0 Å². The average Bonchev–Trinajstić information content (AvgIpc) is 3.20. The third-order valence-electron chi connectivity index (χ3n) is 2.55. The van der Waals surface area contributed by atoms with Gasteiger partial charge in [0.15, 0.2) is 10.0 Å². The minimum atomic E-state index is -0.496. The average molecular weight is 385 g/mol. The Balaban J connectivity index is 1.76. The van der Waals surface area contributed by atoms with Gasteiger partial charge in [-0.25, -0.2) is 0 Å². The van der Waals surface area contributed by atoms with Crippen molar-refractivity contribution in [3.05, 3.63) is 17.5 Å². The molecule has 2 aromatic rings. The molecule has 0 unspecified atom stereocenters. The number of amides is 2. The highest BCUT2D eigenvalue weighted by atomic mass is 32.2. The molecular formula is C13H15N5O5S2. The summed E-state index contributed by atoms with van der Waals surface area (Å²) in [5.41, 5.74) is 0.139. The van der Waals surface area contributed by atoms with E-state index in [1.165, 1.54) is 6.07 Å². The van der Waals surface area contributed by atoms with Gasteiger partial charge in [-0.2, -0.15) is 0 Å². The van der Waals surface area contributed by atoms with Crippen LogP contribution in [0, 0.1) is 6.92 Å². The second-order valence-electron chi connectivity index (χ2n) is 4.52. The maximum atomic E-state index is 11.9. The molecule has 2 amide bonds. The first-order valence-corrected chi connectivity index (χ1v) is 8.91. The van der Waals surface area contributed by atoms with Crippen molar-refractivity contribution in [1.82, 2.24) is 20.7 Å². The van der Waals surface area contributed by atoms with E-state index in [2.05, 4.69) is 26.0 Å². The summed E-state index contributed by atoms with van der Waals surface area (Å²) in [7, 11) is 0. The van der Waals surface area contributed by atoms with Crippen molar-refractivity contribution in [3.8, 4) is 0 Å². The molecule has 0 aromatic carbocycles. The number of ether oxygens (including phenoxy) is 1. The summed E-state index contributed by atoms with van der Waals surface area (Å²) in [6.07, 6.45) is 0. The van der Waals surface area contributed by atoms with Crippen LogP contribution < -0.4 is 10.6 Å². The molecule has 2 aromatic heterocycles. The smallest absolute Gasteiger partial charge is 0.325 e. The quantitative estimate of drug-likeness (QED) is 0.385. The predicted octanol–water partition coefficient (Wildman–Crippen LogP) is 0.858. The van der Waals surface area contributed by atoms with Crippen LogP contribution in [0.1, 0.15) is 23.2 Å². The summed E-state index contributed by atoms with van der Waals surface area (Å²) in [5, 5.41) is 16.5. The van der Waals surface area contributed by atoms with Crippen molar-refractivity contribution in [2.45, 2.75) is 18.2 Å². The second kappa shape index (κ2) is 9.13. The van der Waals surface area contributed by atoms with E-state index < -0.39 is 11.9 Å². The number of hydrogen-bond acceptors (Lipinski definition) is 10. The molecule has 0 saturated carbocycles. The Morgan fingerprint density at radius 2 is 2.16 bits per heavy atom. The van der Waals surface area contributed by atoms with Crippen molar-refractivity contribution in [3.63, 3.8) is 0 Å². The summed E-state index contributed by atoms with van der Waals surface area (Å²) in [4.78, 5) is 34.7. The van der Waals surface area contributed by atoms with Gasteiger partial charge >= 0.3 is 5.97 Å². The molecule has 0 spiro atoms. The largest absolute Gasteiger partial charge is 0.465 e. The number of hydrogen-bond donors (Lipinski definition) is 2. The maximum absolute atomic E-state index is 11.9. The highest BCUT2D eigenvalue weighted by molar-refractivity contribution is 8.01. The number of nitrogens with zero attached hydrogens (tertiary/aromatic N) is 3. The first-order valence-electron chi connectivity index (χ1n) is 7.11. The van der Waals surface area contributed by atoms with Crippen LogP contribution in [0.15, 0.2) is 14.9 Å². The van der Waals surface area contributed by atoms with Crippen LogP contribution in [-0.2, 0) is 14.3 Å². The number of aryl methyl sites for hydroxylation is 1. The Hall–Kier alpha value is -2.47. The summed E-state index contributed by atoms with van der Waals surface area (Å²) < 4.78 is 10.0. The number of aromatic nitrogens is 3. The van der Waals surface area contributed by atoms with Gasteiger partial charge in [0, 0.05) is 6.07 Å². The number of nitrogens with one attached hydrogen (secondary N) is 2. The topological polar surface area (TPSA) is 136 Å². The first-order chi connectivity index (χ1) is 12.0. The number of esters is 1. The minimum absolute atomic E-state index is 0.0600. The van der Waals surface area contributed by atoms with Gasteiger partial charge in [-0.3, -0.25) is 19.7 Å². The van der Waals surface area contributed by atoms with Crippen LogP contribution >= 0.6 is 23.1 Å². The highest BCUT2D eigenvalue weighted by Crippen LogP contribution is 2.25. The van der Waals surface area contributed by atoms with Crippen LogP contribution in [0.25, 0.3) is 0 Å². The van der Waals surface area contributed by atoms with Gasteiger partial charge in [0.1, 0.15) is 12.3 Å². The molecule has 134 valence electrons. The van der Waals surface area contributed by atoms with E-state index in [4.69, 9.17) is 9.26 Å². The normalized spacial score (nSPS) is 10.3. The lowest BCUT2D eigenvalue weighted by atomic mass is 10.4. The van der Waals surface area contributed by atoms with Gasteiger partial charge < -0.3 is 14.6 Å². The Kier molecular flexibility index (Phi) is 6.89. The van der Waals surface area contributed by atoms with E-state index in [-0.39, 0.29) is 35.6 Å². The lowest BCUT2D eigenvalue weighted by molar-refractivity contribution is -0.143. The molecule has 0 saturated heterocycles. The van der Waals surface area contributed by atoms with Crippen LogP contribution in [0.2, 0.25) is 0 Å². The van der Waals surface area contributed by atoms with Crippen molar-refractivity contribution in [2.75, 3.05) is 24.2 Å². The summed E-state index contributed by atoms with van der Waals surface area (Å²) in [5.74, 6) is -0.712. The van der Waals surface area contributed by atoms with E-state index in [1.807, 2.05) is 0 Å². The molecule has 0 fully saturated rings. The summed E-state index contributed by atoms with van der Waals surface area (Å²) in [6.45, 7) is 3.44. The van der Waals surface area contributed by atoms with Crippen molar-refractivity contribution in [2.24, 2.45) is 0 Å². The zero-order valence-corrected chi connectivity index (χ0v) is 15.0. The number of rotatable bonds is 8. The maximum Gasteiger partial charge on any atom is 0.325 e. The molecule has 10 nitrogen and oxygen atoms in total. The molecule has 0 aliphatic heterocycles. The lowest BCUT2D eigenvalue weighted by Gasteiger charge is -2.03. The van der Waals surface area contributed by atoms with Crippen LogP contribution in [0.4, 0.5) is 5.13 Å². The molecule has 2 rings (SSSR count). The van der Waals surface area contributed by atoms with Crippen LogP contribution in [0.3, 0.4) is 0 Å². The highest BCUT2D eigenvalue weighted by Gasteiger charge is 2.15. The van der Waals surface area contributed by atoms with Crippen LogP contribution in [-0.4, -0.2) is 52.0 Å². The minimum Gasteiger partial charge on any atom is -0.465 e. The molecule has 12 heteroatoms. The van der Waals surface area contributed by atoms with E-state index in [0.29, 0.717) is 10.1 Å². The molecule has 0 aliphatic carbocycles. The predicted molar refractivity (Wildman–Crippen MR) is 89.5 cm³/mol. The van der Waals surface area contributed by atoms with Gasteiger partial charge in [-0.1, -0.05) is 28.3 Å². The van der Waals surface area contributed by atoms with E-state index in [1.54, 1.807) is 13.8 Å². The summed E-state index contributed by atoms with van der Waals surface area (Å²) >= 11 is 2.25. The van der Waals surface area contributed by atoms with E-state index in [9.17, 15) is 14.4 Å². The molecule has 0 aliphatic rings. The number of carbonyl (C=O) groups is 3. The molecular weight excluding hydrogens is 370 g/mol. The third-order valence-corrected chi connectivity index (χ3v) is 4.52. The third kappa shape index (κ3) is 6.15. The zero-order chi connectivity index (χ0) is 18.2. The fourth-order valence-electron chi connectivity index (χ4n) is 1.51. The SMILES string of the molecule is CCOC(=O)CNC(=O)CSc1nnc(NC(=O)c2cc(C)on2)s1. The van der Waals surface area contributed by atoms with Crippen molar-refractivity contribution in [1.29, 1.82) is 0 Å². The zero-order valence-electron chi connectivity index (χ0n) is 13.4. The lowest BCUT2D eigenvalue weighted by Crippen LogP contribution is -2.31. The van der Waals surface area contributed by atoms with Crippen LogP contribution in [0.5, 0.6) is 0 Å². The fourth-order valence-corrected chi connectivity index (χ4v) is 3.09. The number of thioether (sulfide) groups is 1. The van der Waals surface area contributed by atoms with Gasteiger partial charge in [0.25, 0.3) is 5.91 Å². The number of anilines is 1. The van der Waals surface area contributed by atoms with E-state index in [0.717, 1.165) is 23.1 Å². The molecule has 2 N–H and O–H groups in total. The molecule has 0 bridgehead atoms. The van der Waals surface area contributed by atoms with Gasteiger partial charge in [-0.15, -0.1) is 10.2 Å². The van der Waals surface area contributed by atoms with Gasteiger partial charge in [0.2, 0.25) is 11.0 Å². The molecule has 0 atom stereocenters. The standard InChI is InChI=1S/C13H15N5O5S2/c1-3-22-10(20)5-14-9(19)6-24-13-17-16-12(25-13)15-11(21)8-4-7(2)23-18-8/h4H,3,5-6H2,1-2H3,(H,14,19)(H,15,16,21). The second-order valence-corrected chi connectivity index (χ2v) is 6.72. The Morgan fingerprint density at radius 1 is 1.36 bits per heavy atom. The Labute approximate surface area is 150 Å². The molecule has 2 heterocycles. The first kappa shape index (κ1) is 18.9. The Morgan fingerprint density at radius 3 is 2.84 bits per heavy atom. The van der Waals surface area contributed by atoms with Crippen molar-refractivity contribution < 1.29 is 23.6 Å². The van der Waals surface area contributed by atoms with Crippen molar-refractivity contribution >= 4 is 46.0 Å². The van der Waals surface area contributed by atoms with Gasteiger partial charge in [0.05, 0.1) is 12.4 Å². The Bertz CT molecular complexity index is 760. The van der Waals surface area contributed by atoms with Gasteiger partial charge in [-0.05, 0) is 13.8 Å².